The molecule has 11 heavy (non-hydrogen) atoms. The first-order valence-electron chi connectivity index (χ1n) is 3.34. The fourth-order valence-electron chi connectivity index (χ4n) is 1.19. The number of aromatic nitrogens is 2. The second-order valence-corrected chi connectivity index (χ2v) is 5.71. The number of thioether (sulfide) groups is 1. The quantitative estimate of drug-likeness (QED) is 0.558. The molecule has 0 aliphatic carbocycles. The maximum absolute atomic E-state index is 11.2. The second-order valence-electron chi connectivity index (χ2n) is 2.41. The monoisotopic (exact) mass is 282 g/mol. The summed E-state index contributed by atoms with van der Waals surface area (Å²) in [5, 5.41) is 5.51. The van der Waals surface area contributed by atoms with Gasteiger partial charge >= 0.3 is 0 Å². The summed E-state index contributed by atoms with van der Waals surface area (Å²) < 4.78 is 0.325. The number of aromatic amines is 2. The van der Waals surface area contributed by atoms with Gasteiger partial charge in [-0.05, 0) is 6.42 Å². The molecule has 60 valence electrons. The molecule has 0 amide bonds. The van der Waals surface area contributed by atoms with Crippen LogP contribution in [-0.2, 0) is 6.42 Å². The van der Waals surface area contributed by atoms with E-state index in [2.05, 4.69) is 32.8 Å². The summed E-state index contributed by atoms with van der Waals surface area (Å²) in [7, 11) is 0. The normalized spacial score (nSPS) is 23.2. The van der Waals surface area contributed by atoms with Gasteiger partial charge in [0.05, 0.1) is 8.82 Å². The maximum atomic E-state index is 11.2. The Morgan fingerprint density at radius 3 is 3.09 bits per heavy atom. The van der Waals surface area contributed by atoms with E-state index in [1.165, 1.54) is 0 Å². The highest BCUT2D eigenvalue weighted by atomic mass is 127. The fourth-order valence-corrected chi connectivity index (χ4v) is 3.56. The third-order valence-electron chi connectivity index (χ3n) is 1.74. The van der Waals surface area contributed by atoms with Gasteiger partial charge in [-0.2, -0.15) is 0 Å². The third kappa shape index (κ3) is 1.24. The number of nitrogens with one attached hydrogen (secondary N) is 2. The van der Waals surface area contributed by atoms with E-state index in [4.69, 9.17) is 0 Å². The number of alkyl halides is 1. The van der Waals surface area contributed by atoms with Gasteiger partial charge in [-0.15, -0.1) is 11.8 Å². The van der Waals surface area contributed by atoms with E-state index >= 15 is 0 Å². The molecule has 1 aromatic heterocycles. The predicted octanol–water partition coefficient (Wildman–Crippen LogP) is 1.43. The average molecular weight is 282 g/mol. The van der Waals surface area contributed by atoms with Crippen molar-refractivity contribution >= 4 is 34.4 Å². The van der Waals surface area contributed by atoms with E-state index in [9.17, 15) is 4.79 Å². The summed E-state index contributed by atoms with van der Waals surface area (Å²) in [5.41, 5.74) is 2.07. The molecule has 3 nitrogen and oxygen atoms in total. The molecule has 5 heteroatoms. The molecule has 0 saturated heterocycles. The zero-order valence-electron chi connectivity index (χ0n) is 5.69. The number of fused-ring (bicyclic) bond motifs is 1. The summed E-state index contributed by atoms with van der Waals surface area (Å²) >= 11 is 4.12. The second kappa shape index (κ2) is 2.85. The van der Waals surface area contributed by atoms with Crippen LogP contribution in [0.1, 0.15) is 14.5 Å². The molecule has 1 aromatic rings. The van der Waals surface area contributed by atoms with Gasteiger partial charge in [0, 0.05) is 11.4 Å². The van der Waals surface area contributed by atoms with Crippen LogP contribution < -0.4 is 5.56 Å². The Hall–Kier alpha value is 0.0900. The van der Waals surface area contributed by atoms with Crippen LogP contribution in [0.5, 0.6) is 0 Å². The zero-order valence-corrected chi connectivity index (χ0v) is 8.66. The topological polar surface area (TPSA) is 48.6 Å². The van der Waals surface area contributed by atoms with Crippen LogP contribution in [0.2, 0.25) is 0 Å². The summed E-state index contributed by atoms with van der Waals surface area (Å²) in [4.78, 5) is 11.2. The zero-order chi connectivity index (χ0) is 7.84. The smallest absolute Gasteiger partial charge is 0.269 e. The predicted molar refractivity (Wildman–Crippen MR) is 54.3 cm³/mol. The van der Waals surface area contributed by atoms with Crippen molar-refractivity contribution in [2.75, 3.05) is 5.75 Å². The van der Waals surface area contributed by atoms with Crippen LogP contribution in [-0.4, -0.2) is 16.0 Å². The minimum Gasteiger partial charge on any atom is -0.302 e. The first kappa shape index (κ1) is 7.72. The Kier molecular flexibility index (Phi) is 2.00. The number of rotatable bonds is 0. The van der Waals surface area contributed by atoms with E-state index in [0.29, 0.717) is 3.26 Å². The highest BCUT2D eigenvalue weighted by molar-refractivity contribution is 14.1. The van der Waals surface area contributed by atoms with Crippen LogP contribution in [0.25, 0.3) is 0 Å². The van der Waals surface area contributed by atoms with Gasteiger partial charge in [0.15, 0.2) is 0 Å². The lowest BCUT2D eigenvalue weighted by atomic mass is 10.2. The van der Waals surface area contributed by atoms with Crippen LogP contribution in [0.3, 0.4) is 0 Å². The standard InChI is InChI=1S/C6H7IN2OS/c7-5-4-3(1-2-11-5)8-9-6(4)10/h5H,1-2H2,(H2,8,9,10). The van der Waals surface area contributed by atoms with Crippen molar-refractivity contribution in [3.63, 3.8) is 0 Å². The molecule has 0 spiro atoms. The van der Waals surface area contributed by atoms with Gasteiger partial charge in [0.25, 0.3) is 5.56 Å². The Morgan fingerprint density at radius 1 is 1.55 bits per heavy atom. The molecule has 1 unspecified atom stereocenters. The van der Waals surface area contributed by atoms with Crippen LogP contribution >= 0.6 is 34.4 Å². The molecular formula is C6H7IN2OS. The Bertz CT molecular complexity index is 319. The number of H-pyrrole nitrogens is 2. The molecule has 2 rings (SSSR count). The van der Waals surface area contributed by atoms with E-state index in [1.54, 1.807) is 0 Å². The highest BCUT2D eigenvalue weighted by Gasteiger charge is 2.22. The largest absolute Gasteiger partial charge is 0.302 e. The lowest BCUT2D eigenvalue weighted by molar-refractivity contribution is 0.960. The summed E-state index contributed by atoms with van der Waals surface area (Å²) in [5.74, 6) is 1.11. The van der Waals surface area contributed by atoms with E-state index in [-0.39, 0.29) is 5.56 Å². The molecule has 1 aliphatic rings. The minimum atomic E-state index is 0.0478. The van der Waals surface area contributed by atoms with Crippen LogP contribution in [0, 0.1) is 0 Å². The Balaban J connectivity index is 2.56. The number of aryl methyl sites for hydroxylation is 1. The maximum Gasteiger partial charge on any atom is 0.269 e. The molecule has 1 aliphatic heterocycles. The molecule has 1 atom stereocenters. The van der Waals surface area contributed by atoms with Gasteiger partial charge < -0.3 is 5.10 Å². The van der Waals surface area contributed by atoms with Crippen molar-refractivity contribution in [2.24, 2.45) is 0 Å². The van der Waals surface area contributed by atoms with Crippen molar-refractivity contribution < 1.29 is 0 Å². The van der Waals surface area contributed by atoms with Gasteiger partial charge in [0.1, 0.15) is 0 Å². The molecule has 0 radical (unpaired) electrons. The molecule has 2 N–H and O–H groups in total. The first-order chi connectivity index (χ1) is 5.29. The first-order valence-corrected chi connectivity index (χ1v) is 5.63. The highest BCUT2D eigenvalue weighted by Crippen LogP contribution is 2.38. The lowest BCUT2D eigenvalue weighted by Gasteiger charge is -2.14. The SMILES string of the molecule is O=c1[nH][nH]c2c1C(I)SCC2. The molecule has 0 fully saturated rings. The van der Waals surface area contributed by atoms with E-state index < -0.39 is 0 Å². The van der Waals surface area contributed by atoms with Gasteiger partial charge in [-0.3, -0.25) is 9.89 Å². The Morgan fingerprint density at radius 2 is 2.36 bits per heavy atom. The van der Waals surface area contributed by atoms with E-state index in [0.717, 1.165) is 23.4 Å². The average Bonchev–Trinajstić information content (AvgIpc) is 2.34. The van der Waals surface area contributed by atoms with Crippen LogP contribution in [0.15, 0.2) is 4.79 Å². The summed E-state index contributed by atoms with van der Waals surface area (Å²) in [6.07, 6.45) is 0.984. The molecule has 0 bridgehead atoms. The van der Waals surface area contributed by atoms with Crippen molar-refractivity contribution in [3.8, 4) is 0 Å². The molecule has 0 saturated carbocycles. The van der Waals surface area contributed by atoms with Gasteiger partial charge in [-0.1, -0.05) is 22.6 Å². The lowest BCUT2D eigenvalue weighted by Crippen LogP contribution is -2.11. The van der Waals surface area contributed by atoms with Gasteiger partial charge in [-0.25, -0.2) is 0 Å². The van der Waals surface area contributed by atoms with E-state index in [1.807, 2.05) is 11.8 Å². The number of halogens is 1. The number of hydrogen-bond donors (Lipinski definition) is 2. The molecular weight excluding hydrogens is 275 g/mol. The van der Waals surface area contributed by atoms with Crippen molar-refractivity contribution in [1.82, 2.24) is 10.2 Å². The van der Waals surface area contributed by atoms with Gasteiger partial charge in [0.2, 0.25) is 0 Å². The summed E-state index contributed by atoms with van der Waals surface area (Å²) in [6.45, 7) is 0. The van der Waals surface area contributed by atoms with Crippen molar-refractivity contribution in [3.05, 3.63) is 21.6 Å². The minimum absolute atomic E-state index is 0.0478. The third-order valence-corrected chi connectivity index (χ3v) is 4.41. The van der Waals surface area contributed by atoms with Crippen molar-refractivity contribution in [1.29, 1.82) is 0 Å². The molecule has 0 aromatic carbocycles. The van der Waals surface area contributed by atoms with Crippen LogP contribution in [0.4, 0.5) is 0 Å². The Labute approximate surface area is 81.5 Å². The fraction of sp³-hybridized carbons (Fsp3) is 0.500. The molecule has 2 heterocycles. The summed E-state index contributed by atoms with van der Waals surface area (Å²) in [6, 6.07) is 0. The van der Waals surface area contributed by atoms with Crippen molar-refractivity contribution in [2.45, 2.75) is 9.68 Å². The number of hydrogen-bond acceptors (Lipinski definition) is 2.